The molecule has 0 aromatic heterocycles. The third-order valence-corrected chi connectivity index (χ3v) is 4.04. The van der Waals surface area contributed by atoms with E-state index in [1.165, 1.54) is 11.4 Å². The van der Waals surface area contributed by atoms with Crippen molar-refractivity contribution in [3.05, 3.63) is 0 Å². The van der Waals surface area contributed by atoms with E-state index in [-0.39, 0.29) is 12.0 Å². The summed E-state index contributed by atoms with van der Waals surface area (Å²) in [5.41, 5.74) is 0. The first kappa shape index (κ1) is 11.4. The van der Waals surface area contributed by atoms with Gasteiger partial charge in [0, 0.05) is 13.6 Å². The Kier molecular flexibility index (Phi) is 3.48. The van der Waals surface area contributed by atoms with Gasteiger partial charge in [-0.3, -0.25) is 0 Å². The molecule has 0 saturated heterocycles. The summed E-state index contributed by atoms with van der Waals surface area (Å²) < 4.78 is 23.9. The van der Waals surface area contributed by atoms with E-state index in [0.717, 1.165) is 0 Å². The van der Waals surface area contributed by atoms with Gasteiger partial charge in [0.1, 0.15) is 0 Å². The Labute approximate surface area is 84.0 Å². The summed E-state index contributed by atoms with van der Waals surface area (Å²) in [5, 5.41) is 17.3. The molecule has 6 heteroatoms. The molecule has 0 atom stereocenters. The number of aliphatic hydroxyl groups is 1. The molecule has 5 nitrogen and oxygen atoms in total. The molecule has 0 heterocycles. The minimum atomic E-state index is -3.41. The van der Waals surface area contributed by atoms with Gasteiger partial charge in [-0.25, -0.2) is 12.7 Å². The minimum Gasteiger partial charge on any atom is -0.393 e. The van der Waals surface area contributed by atoms with Crippen LogP contribution in [0.4, 0.5) is 0 Å². The van der Waals surface area contributed by atoms with Crippen molar-refractivity contribution in [3.8, 4) is 6.07 Å². The quantitative estimate of drug-likeness (QED) is 0.692. The standard InChI is InChI=1S/C8H14N2O3S/c1-10(14(12,13)3-2-9)6-7-4-8(11)5-7/h7-8,11H,3-6H2,1H3. The van der Waals surface area contributed by atoms with Crippen molar-refractivity contribution in [1.82, 2.24) is 4.31 Å². The van der Waals surface area contributed by atoms with E-state index in [4.69, 9.17) is 10.4 Å². The van der Waals surface area contributed by atoms with E-state index in [2.05, 4.69) is 0 Å². The van der Waals surface area contributed by atoms with Gasteiger partial charge >= 0.3 is 0 Å². The average molecular weight is 218 g/mol. The van der Waals surface area contributed by atoms with Crippen molar-refractivity contribution in [2.75, 3.05) is 19.3 Å². The van der Waals surface area contributed by atoms with Gasteiger partial charge < -0.3 is 5.11 Å². The Morgan fingerprint density at radius 1 is 1.57 bits per heavy atom. The molecule has 0 amide bonds. The lowest BCUT2D eigenvalue weighted by atomic mass is 9.82. The number of nitriles is 1. The lowest BCUT2D eigenvalue weighted by Gasteiger charge is -2.33. The molecule has 14 heavy (non-hydrogen) atoms. The van der Waals surface area contributed by atoms with E-state index in [9.17, 15) is 8.42 Å². The predicted octanol–water partition coefficient (Wildman–Crippen LogP) is -0.458. The normalized spacial score (nSPS) is 27.0. The van der Waals surface area contributed by atoms with E-state index < -0.39 is 15.8 Å². The van der Waals surface area contributed by atoms with E-state index >= 15 is 0 Å². The number of rotatable bonds is 4. The largest absolute Gasteiger partial charge is 0.393 e. The van der Waals surface area contributed by atoms with Crippen LogP contribution in [-0.4, -0.2) is 43.3 Å². The first-order valence-corrected chi connectivity index (χ1v) is 6.05. The van der Waals surface area contributed by atoms with Gasteiger partial charge in [-0.1, -0.05) is 0 Å². The van der Waals surface area contributed by atoms with Crippen LogP contribution in [0.1, 0.15) is 12.8 Å². The van der Waals surface area contributed by atoms with Crippen molar-refractivity contribution in [1.29, 1.82) is 5.26 Å². The summed E-state index contributed by atoms with van der Waals surface area (Å²) in [4.78, 5) is 0. The third-order valence-electron chi connectivity index (χ3n) is 2.45. The van der Waals surface area contributed by atoms with Gasteiger partial charge in [-0.2, -0.15) is 5.26 Å². The SMILES string of the molecule is CN(CC1CC(O)C1)S(=O)(=O)CC#N. The van der Waals surface area contributed by atoms with Crippen molar-refractivity contribution in [2.45, 2.75) is 18.9 Å². The molecule has 1 saturated carbocycles. The molecule has 80 valence electrons. The Hall–Kier alpha value is -0.640. The zero-order valence-corrected chi connectivity index (χ0v) is 8.87. The molecule has 0 aromatic carbocycles. The van der Waals surface area contributed by atoms with Crippen LogP contribution < -0.4 is 0 Å². The fourth-order valence-electron chi connectivity index (χ4n) is 1.52. The molecule has 0 unspecified atom stereocenters. The molecule has 1 aliphatic carbocycles. The zero-order chi connectivity index (χ0) is 10.8. The first-order chi connectivity index (χ1) is 6.45. The highest BCUT2D eigenvalue weighted by molar-refractivity contribution is 7.89. The fourth-order valence-corrected chi connectivity index (χ4v) is 2.34. The molecular weight excluding hydrogens is 204 g/mol. The Balaban J connectivity index is 2.42. The molecule has 1 rings (SSSR count). The van der Waals surface area contributed by atoms with Crippen LogP contribution in [0.25, 0.3) is 0 Å². The summed E-state index contributed by atoms with van der Waals surface area (Å²) in [7, 11) is -1.94. The smallest absolute Gasteiger partial charge is 0.227 e. The number of nitrogens with zero attached hydrogens (tertiary/aromatic N) is 2. The van der Waals surface area contributed by atoms with Gasteiger partial charge in [-0.15, -0.1) is 0 Å². The average Bonchev–Trinajstić information content (AvgIpc) is 2.01. The summed E-state index contributed by atoms with van der Waals surface area (Å²) in [6.45, 7) is 0.404. The molecule has 1 N–H and O–H groups in total. The highest BCUT2D eigenvalue weighted by atomic mass is 32.2. The van der Waals surface area contributed by atoms with Crippen molar-refractivity contribution in [2.24, 2.45) is 5.92 Å². The molecule has 1 fully saturated rings. The second-order valence-electron chi connectivity index (χ2n) is 3.69. The number of hydrogen-bond donors (Lipinski definition) is 1. The van der Waals surface area contributed by atoms with E-state index in [0.29, 0.717) is 19.4 Å². The van der Waals surface area contributed by atoms with Crippen LogP contribution in [0.3, 0.4) is 0 Å². The summed E-state index contributed by atoms with van der Waals surface area (Å²) in [6, 6.07) is 1.63. The Bertz CT molecular complexity index is 327. The number of aliphatic hydroxyl groups excluding tert-OH is 1. The maximum atomic E-state index is 11.3. The van der Waals surface area contributed by atoms with E-state index in [1.807, 2.05) is 0 Å². The van der Waals surface area contributed by atoms with Crippen molar-refractivity contribution >= 4 is 10.0 Å². The van der Waals surface area contributed by atoms with Crippen molar-refractivity contribution in [3.63, 3.8) is 0 Å². The monoisotopic (exact) mass is 218 g/mol. The van der Waals surface area contributed by atoms with Crippen LogP contribution in [0.15, 0.2) is 0 Å². The van der Waals surface area contributed by atoms with Gasteiger partial charge in [-0.05, 0) is 18.8 Å². The molecular formula is C8H14N2O3S. The van der Waals surface area contributed by atoms with Gasteiger partial charge in [0.25, 0.3) is 0 Å². The van der Waals surface area contributed by atoms with Gasteiger partial charge in [0.15, 0.2) is 5.75 Å². The predicted molar refractivity (Wildman–Crippen MR) is 50.8 cm³/mol. The minimum absolute atomic E-state index is 0.239. The van der Waals surface area contributed by atoms with E-state index in [1.54, 1.807) is 6.07 Å². The lowest BCUT2D eigenvalue weighted by Crippen LogP contribution is -2.40. The molecule has 0 spiro atoms. The topological polar surface area (TPSA) is 81.4 Å². The summed E-state index contributed by atoms with van der Waals surface area (Å²) in [6.07, 6.45) is 1.05. The summed E-state index contributed by atoms with van der Waals surface area (Å²) in [5.74, 6) is -0.234. The van der Waals surface area contributed by atoms with Crippen molar-refractivity contribution < 1.29 is 13.5 Å². The van der Waals surface area contributed by atoms with Crippen LogP contribution in [0.2, 0.25) is 0 Å². The molecule has 0 bridgehead atoms. The second kappa shape index (κ2) is 4.26. The molecule has 1 aliphatic rings. The zero-order valence-electron chi connectivity index (χ0n) is 8.05. The highest BCUT2D eigenvalue weighted by Gasteiger charge is 2.30. The van der Waals surface area contributed by atoms with Crippen LogP contribution in [0.5, 0.6) is 0 Å². The maximum absolute atomic E-state index is 11.3. The summed E-state index contributed by atoms with van der Waals surface area (Å²) >= 11 is 0. The Morgan fingerprint density at radius 2 is 2.14 bits per heavy atom. The lowest BCUT2D eigenvalue weighted by molar-refractivity contribution is 0.0367. The number of sulfonamides is 1. The first-order valence-electron chi connectivity index (χ1n) is 4.44. The molecule has 0 aliphatic heterocycles. The van der Waals surface area contributed by atoms with Crippen LogP contribution in [0, 0.1) is 17.2 Å². The Morgan fingerprint density at radius 3 is 2.57 bits per heavy atom. The third kappa shape index (κ3) is 2.67. The molecule has 0 aromatic rings. The van der Waals surface area contributed by atoms with Crippen LogP contribution >= 0.6 is 0 Å². The van der Waals surface area contributed by atoms with Crippen LogP contribution in [-0.2, 0) is 10.0 Å². The maximum Gasteiger partial charge on any atom is 0.227 e. The van der Waals surface area contributed by atoms with Gasteiger partial charge in [0.2, 0.25) is 10.0 Å². The highest BCUT2D eigenvalue weighted by Crippen LogP contribution is 2.28. The second-order valence-corrected chi connectivity index (χ2v) is 5.76. The fraction of sp³-hybridized carbons (Fsp3) is 0.875. The van der Waals surface area contributed by atoms with Gasteiger partial charge in [0.05, 0.1) is 12.2 Å². The number of hydrogen-bond acceptors (Lipinski definition) is 4. The molecule has 0 radical (unpaired) electrons.